The maximum atomic E-state index is 9.70. The van der Waals surface area contributed by atoms with Crippen molar-refractivity contribution in [2.75, 3.05) is 0 Å². The molecule has 1 N–H and O–H groups in total. The van der Waals surface area contributed by atoms with Crippen LogP contribution in [0.3, 0.4) is 0 Å². The summed E-state index contributed by atoms with van der Waals surface area (Å²) in [5, 5.41) is 7.99. The number of carboxylic acid groups (broad SMARTS) is 1. The fourth-order valence-electron chi connectivity index (χ4n) is 0. The molecule has 0 saturated heterocycles. The van der Waals surface area contributed by atoms with Crippen LogP contribution in [0, 0.1) is 11.3 Å². The smallest absolute Gasteiger partial charge is 0.305 e. The molecule has 0 unspecified atom stereocenters. The third kappa shape index (κ3) is 16.2. The standard InChI is InChI=1S/C6H14.C4H8O2/c1-5-6(2,3)4;1-3(2)4(5)6/h5H2,1-4H3;3H,1-2H3,(H,5,6). The maximum Gasteiger partial charge on any atom is 0.305 e. The molecule has 0 aliphatic rings. The summed E-state index contributed by atoms with van der Waals surface area (Å²) >= 11 is 0. The van der Waals surface area contributed by atoms with Gasteiger partial charge in [0.2, 0.25) is 0 Å². The van der Waals surface area contributed by atoms with Gasteiger partial charge in [-0.1, -0.05) is 48.0 Å². The minimum absolute atomic E-state index is 0.231. The lowest BCUT2D eigenvalue weighted by molar-refractivity contribution is -0.140. The van der Waals surface area contributed by atoms with Crippen LogP contribution in [0.15, 0.2) is 0 Å². The Hall–Kier alpha value is -0.530. The average molecular weight is 174 g/mol. The average Bonchev–Trinajstić information content (AvgIpc) is 1.87. The van der Waals surface area contributed by atoms with Crippen LogP contribution in [-0.4, -0.2) is 11.1 Å². The van der Waals surface area contributed by atoms with E-state index in [1.807, 2.05) is 0 Å². The molecule has 0 atom stereocenters. The molecule has 0 aromatic carbocycles. The second-order valence-electron chi connectivity index (χ2n) is 4.41. The van der Waals surface area contributed by atoms with Crippen molar-refractivity contribution in [3.63, 3.8) is 0 Å². The number of rotatable bonds is 1. The van der Waals surface area contributed by atoms with Crippen LogP contribution in [-0.2, 0) is 4.79 Å². The first kappa shape index (κ1) is 14.0. The molecule has 0 aromatic heterocycles. The lowest BCUT2D eigenvalue weighted by Crippen LogP contribution is -2.03. The van der Waals surface area contributed by atoms with E-state index in [1.165, 1.54) is 6.42 Å². The molecule has 0 fully saturated rings. The predicted molar refractivity (Wildman–Crippen MR) is 52.2 cm³/mol. The van der Waals surface area contributed by atoms with E-state index in [2.05, 4.69) is 27.7 Å². The van der Waals surface area contributed by atoms with Crippen LogP contribution < -0.4 is 0 Å². The lowest BCUT2D eigenvalue weighted by atomic mass is 9.94. The topological polar surface area (TPSA) is 37.3 Å². The van der Waals surface area contributed by atoms with Crippen molar-refractivity contribution in [3.05, 3.63) is 0 Å². The Morgan fingerprint density at radius 1 is 1.33 bits per heavy atom. The highest BCUT2D eigenvalue weighted by atomic mass is 16.4. The highest BCUT2D eigenvalue weighted by Crippen LogP contribution is 2.16. The number of aliphatic carboxylic acids is 1. The van der Waals surface area contributed by atoms with Gasteiger partial charge in [-0.3, -0.25) is 4.79 Å². The van der Waals surface area contributed by atoms with Crippen molar-refractivity contribution in [1.82, 2.24) is 0 Å². The van der Waals surface area contributed by atoms with E-state index in [0.29, 0.717) is 5.41 Å². The molecule has 0 spiro atoms. The van der Waals surface area contributed by atoms with Crippen LogP contribution in [0.2, 0.25) is 0 Å². The highest BCUT2D eigenvalue weighted by molar-refractivity contribution is 5.68. The molecule has 74 valence electrons. The number of hydrogen-bond acceptors (Lipinski definition) is 1. The molecule has 0 aliphatic heterocycles. The summed E-state index contributed by atoms with van der Waals surface area (Å²) in [5.41, 5.74) is 0.542. The Balaban J connectivity index is 0. The second kappa shape index (κ2) is 6.04. The summed E-state index contributed by atoms with van der Waals surface area (Å²) in [6, 6.07) is 0. The summed E-state index contributed by atoms with van der Waals surface area (Å²) in [5.74, 6) is -0.972. The van der Waals surface area contributed by atoms with Crippen LogP contribution in [0.25, 0.3) is 0 Å². The molecule has 0 bridgehead atoms. The molecule has 0 amide bonds. The van der Waals surface area contributed by atoms with Gasteiger partial charge in [0.25, 0.3) is 0 Å². The summed E-state index contributed by atoms with van der Waals surface area (Å²) in [4.78, 5) is 9.70. The van der Waals surface area contributed by atoms with E-state index >= 15 is 0 Å². The number of carbonyl (C=O) groups is 1. The minimum Gasteiger partial charge on any atom is -0.481 e. The van der Waals surface area contributed by atoms with Crippen molar-refractivity contribution in [1.29, 1.82) is 0 Å². The first-order valence-corrected chi connectivity index (χ1v) is 4.43. The molecule has 0 aromatic rings. The van der Waals surface area contributed by atoms with Gasteiger partial charge < -0.3 is 5.11 Å². The third-order valence-electron chi connectivity index (χ3n) is 1.55. The van der Waals surface area contributed by atoms with Gasteiger partial charge in [0.15, 0.2) is 0 Å². The van der Waals surface area contributed by atoms with Gasteiger partial charge >= 0.3 is 5.97 Å². The zero-order valence-electron chi connectivity index (χ0n) is 9.14. The summed E-state index contributed by atoms with van der Waals surface area (Å²) in [6.07, 6.45) is 1.27. The van der Waals surface area contributed by atoms with Crippen molar-refractivity contribution in [3.8, 4) is 0 Å². The first-order valence-electron chi connectivity index (χ1n) is 4.43. The van der Waals surface area contributed by atoms with E-state index in [4.69, 9.17) is 5.11 Å². The fourth-order valence-corrected chi connectivity index (χ4v) is 0. The Morgan fingerprint density at radius 2 is 1.50 bits per heavy atom. The molecule has 2 nitrogen and oxygen atoms in total. The zero-order valence-corrected chi connectivity index (χ0v) is 9.14. The fraction of sp³-hybridized carbons (Fsp3) is 0.900. The summed E-state index contributed by atoms with van der Waals surface area (Å²) in [6.45, 7) is 12.2. The Kier molecular flexibility index (Phi) is 7.05. The van der Waals surface area contributed by atoms with E-state index in [1.54, 1.807) is 13.8 Å². The predicted octanol–water partition coefficient (Wildman–Crippen LogP) is 3.17. The molecule has 0 saturated carbocycles. The Bertz CT molecular complexity index is 120. The van der Waals surface area contributed by atoms with Crippen LogP contribution >= 0.6 is 0 Å². The van der Waals surface area contributed by atoms with Crippen molar-refractivity contribution < 1.29 is 9.90 Å². The quantitative estimate of drug-likeness (QED) is 0.663. The molecule has 2 heteroatoms. The third-order valence-corrected chi connectivity index (χ3v) is 1.55. The van der Waals surface area contributed by atoms with E-state index < -0.39 is 5.97 Å². The van der Waals surface area contributed by atoms with Gasteiger partial charge in [0, 0.05) is 0 Å². The van der Waals surface area contributed by atoms with Crippen LogP contribution in [0.5, 0.6) is 0 Å². The van der Waals surface area contributed by atoms with Crippen LogP contribution in [0.1, 0.15) is 48.0 Å². The molecule has 0 rings (SSSR count). The Labute approximate surface area is 76.0 Å². The summed E-state index contributed by atoms with van der Waals surface area (Å²) < 4.78 is 0. The van der Waals surface area contributed by atoms with E-state index in [-0.39, 0.29) is 5.92 Å². The molecule has 0 aliphatic carbocycles. The number of carboxylic acids is 1. The van der Waals surface area contributed by atoms with Gasteiger partial charge in [-0.25, -0.2) is 0 Å². The van der Waals surface area contributed by atoms with Crippen LogP contribution in [0.4, 0.5) is 0 Å². The van der Waals surface area contributed by atoms with Crippen molar-refractivity contribution in [2.45, 2.75) is 48.0 Å². The van der Waals surface area contributed by atoms with Crippen molar-refractivity contribution in [2.24, 2.45) is 11.3 Å². The molecule has 12 heavy (non-hydrogen) atoms. The van der Waals surface area contributed by atoms with Gasteiger partial charge in [0.05, 0.1) is 5.92 Å². The highest BCUT2D eigenvalue weighted by Gasteiger charge is 2.03. The Morgan fingerprint density at radius 3 is 1.50 bits per heavy atom. The van der Waals surface area contributed by atoms with Gasteiger partial charge in [-0.2, -0.15) is 0 Å². The molecular weight excluding hydrogens is 152 g/mol. The van der Waals surface area contributed by atoms with Crippen molar-refractivity contribution >= 4 is 5.97 Å². The summed E-state index contributed by atoms with van der Waals surface area (Å²) in [7, 11) is 0. The molecular formula is C10H22O2. The molecule has 0 radical (unpaired) electrons. The van der Waals surface area contributed by atoms with E-state index in [0.717, 1.165) is 0 Å². The minimum atomic E-state index is -0.741. The van der Waals surface area contributed by atoms with E-state index in [9.17, 15) is 4.79 Å². The van der Waals surface area contributed by atoms with Gasteiger partial charge in [-0.05, 0) is 5.41 Å². The second-order valence-corrected chi connectivity index (χ2v) is 4.41. The largest absolute Gasteiger partial charge is 0.481 e. The lowest BCUT2D eigenvalue weighted by Gasteiger charge is -2.12. The van der Waals surface area contributed by atoms with Gasteiger partial charge in [0.1, 0.15) is 0 Å². The van der Waals surface area contributed by atoms with Gasteiger partial charge in [-0.15, -0.1) is 0 Å². The number of hydrogen-bond donors (Lipinski definition) is 1. The first-order chi connectivity index (χ1) is 5.20. The SMILES string of the molecule is CC(C)C(=O)O.CCC(C)(C)C. The maximum absolute atomic E-state index is 9.70. The monoisotopic (exact) mass is 174 g/mol. The normalized spacial score (nSPS) is 10.6. The molecule has 0 heterocycles. The zero-order chi connectivity index (χ0) is 10.4.